The van der Waals surface area contributed by atoms with E-state index in [-0.39, 0.29) is 0 Å². The first-order chi connectivity index (χ1) is 10.8. The van der Waals surface area contributed by atoms with E-state index in [0.717, 1.165) is 62.9 Å². The third kappa shape index (κ3) is 3.95. The molecule has 0 saturated carbocycles. The average molecular weight is 316 g/mol. The quantitative estimate of drug-likeness (QED) is 0.763. The van der Waals surface area contributed by atoms with Crippen LogP contribution in [0.4, 0.5) is 0 Å². The molecule has 0 aliphatic carbocycles. The Morgan fingerprint density at radius 1 is 1.27 bits per heavy atom. The van der Waals surface area contributed by atoms with Crippen molar-refractivity contribution in [2.75, 3.05) is 39.3 Å². The van der Waals surface area contributed by atoms with Gasteiger partial charge in [-0.2, -0.15) is 4.98 Å². The summed E-state index contributed by atoms with van der Waals surface area (Å²) < 4.78 is 5.32. The molecule has 116 valence electrons. The second-order valence-electron chi connectivity index (χ2n) is 5.41. The molecule has 0 bridgehead atoms. The van der Waals surface area contributed by atoms with E-state index >= 15 is 0 Å². The van der Waals surface area contributed by atoms with Crippen molar-refractivity contribution in [2.24, 2.45) is 0 Å². The summed E-state index contributed by atoms with van der Waals surface area (Å²) in [5.41, 5.74) is 0. The van der Waals surface area contributed by atoms with Crippen LogP contribution in [0, 0.1) is 12.3 Å². The number of thiophene rings is 1. The van der Waals surface area contributed by atoms with Crippen LogP contribution in [0.1, 0.15) is 12.3 Å². The Bertz CT molecular complexity index is 608. The average Bonchev–Trinajstić information content (AvgIpc) is 3.20. The Balaban J connectivity index is 1.40. The van der Waals surface area contributed by atoms with Gasteiger partial charge in [-0.05, 0) is 24.4 Å². The topological polar surface area (TPSA) is 45.4 Å². The molecule has 0 spiro atoms. The maximum atomic E-state index is 5.35. The van der Waals surface area contributed by atoms with Gasteiger partial charge in [-0.15, -0.1) is 17.8 Å². The predicted molar refractivity (Wildman–Crippen MR) is 87.6 cm³/mol. The molecule has 5 nitrogen and oxygen atoms in total. The minimum absolute atomic E-state index is 0.702. The Morgan fingerprint density at radius 3 is 2.82 bits per heavy atom. The van der Waals surface area contributed by atoms with Gasteiger partial charge in [-0.25, -0.2) is 0 Å². The summed E-state index contributed by atoms with van der Waals surface area (Å²) in [7, 11) is 0. The molecule has 22 heavy (non-hydrogen) atoms. The minimum atomic E-state index is 0.702. The first-order valence-corrected chi connectivity index (χ1v) is 8.48. The first-order valence-electron chi connectivity index (χ1n) is 7.60. The lowest BCUT2D eigenvalue weighted by Gasteiger charge is -2.33. The number of terminal acetylenes is 1. The summed E-state index contributed by atoms with van der Waals surface area (Å²) in [6, 6.07) is 4.00. The van der Waals surface area contributed by atoms with Gasteiger partial charge in [0.2, 0.25) is 11.7 Å². The second kappa shape index (κ2) is 7.54. The Kier molecular flexibility index (Phi) is 5.22. The summed E-state index contributed by atoms with van der Waals surface area (Å²) in [6.07, 6.45) is 7.23. The van der Waals surface area contributed by atoms with Gasteiger partial charge >= 0.3 is 0 Å². The van der Waals surface area contributed by atoms with E-state index in [4.69, 9.17) is 10.9 Å². The van der Waals surface area contributed by atoms with E-state index in [9.17, 15) is 0 Å². The maximum absolute atomic E-state index is 5.35. The summed E-state index contributed by atoms with van der Waals surface area (Å²) >= 11 is 1.63. The smallest absolute Gasteiger partial charge is 0.227 e. The lowest BCUT2D eigenvalue weighted by molar-refractivity contribution is 0.142. The van der Waals surface area contributed by atoms with E-state index in [0.29, 0.717) is 5.82 Å². The molecular weight excluding hydrogens is 296 g/mol. The molecule has 0 N–H and O–H groups in total. The van der Waals surface area contributed by atoms with Crippen molar-refractivity contribution < 1.29 is 4.52 Å². The van der Waals surface area contributed by atoms with Gasteiger partial charge in [0.05, 0.1) is 11.4 Å². The molecule has 0 radical (unpaired) electrons. The highest BCUT2D eigenvalue weighted by molar-refractivity contribution is 7.13. The minimum Gasteiger partial charge on any atom is -0.339 e. The fourth-order valence-electron chi connectivity index (χ4n) is 2.62. The van der Waals surface area contributed by atoms with Crippen molar-refractivity contribution in [3.8, 4) is 23.0 Å². The van der Waals surface area contributed by atoms with Crippen molar-refractivity contribution in [1.82, 2.24) is 19.9 Å². The van der Waals surface area contributed by atoms with Crippen molar-refractivity contribution in [1.29, 1.82) is 0 Å². The molecule has 0 aromatic carbocycles. The molecule has 0 atom stereocenters. The lowest BCUT2D eigenvalue weighted by Crippen LogP contribution is -2.46. The van der Waals surface area contributed by atoms with Crippen LogP contribution in [0.5, 0.6) is 0 Å². The van der Waals surface area contributed by atoms with E-state index in [1.807, 2.05) is 17.5 Å². The van der Waals surface area contributed by atoms with Crippen molar-refractivity contribution in [2.45, 2.75) is 12.8 Å². The van der Waals surface area contributed by atoms with Crippen LogP contribution in [0.3, 0.4) is 0 Å². The fraction of sp³-hybridized carbons (Fsp3) is 0.500. The van der Waals surface area contributed by atoms with Gasteiger partial charge < -0.3 is 9.42 Å². The van der Waals surface area contributed by atoms with Gasteiger partial charge in [0, 0.05) is 32.6 Å². The SMILES string of the molecule is C#CCN1CCN(CCCc2nc(-c3cccs3)no2)CC1. The molecule has 1 aliphatic rings. The number of nitrogens with zero attached hydrogens (tertiary/aromatic N) is 4. The largest absolute Gasteiger partial charge is 0.339 e. The van der Waals surface area contributed by atoms with Gasteiger partial charge in [-0.1, -0.05) is 17.1 Å². The zero-order valence-corrected chi connectivity index (χ0v) is 13.4. The lowest BCUT2D eigenvalue weighted by atomic mass is 10.2. The molecule has 3 rings (SSSR count). The fourth-order valence-corrected chi connectivity index (χ4v) is 3.27. The summed E-state index contributed by atoms with van der Waals surface area (Å²) in [4.78, 5) is 10.3. The van der Waals surface area contributed by atoms with E-state index in [1.54, 1.807) is 11.3 Å². The van der Waals surface area contributed by atoms with Crippen LogP contribution < -0.4 is 0 Å². The summed E-state index contributed by atoms with van der Waals surface area (Å²) in [6.45, 7) is 6.14. The van der Waals surface area contributed by atoms with Crippen LogP contribution >= 0.6 is 11.3 Å². The van der Waals surface area contributed by atoms with Crippen LogP contribution in [-0.2, 0) is 6.42 Å². The van der Waals surface area contributed by atoms with Gasteiger partial charge in [-0.3, -0.25) is 4.90 Å². The van der Waals surface area contributed by atoms with Crippen molar-refractivity contribution in [3.05, 3.63) is 23.4 Å². The zero-order valence-electron chi connectivity index (χ0n) is 12.6. The van der Waals surface area contributed by atoms with Crippen molar-refractivity contribution >= 4 is 11.3 Å². The molecule has 0 unspecified atom stereocenters. The molecule has 3 heterocycles. The number of hydrogen-bond acceptors (Lipinski definition) is 6. The van der Waals surface area contributed by atoms with Crippen LogP contribution in [0.25, 0.3) is 10.7 Å². The van der Waals surface area contributed by atoms with Crippen molar-refractivity contribution in [3.63, 3.8) is 0 Å². The number of piperazine rings is 1. The monoisotopic (exact) mass is 316 g/mol. The zero-order chi connectivity index (χ0) is 15.2. The molecule has 2 aromatic heterocycles. The molecule has 2 aromatic rings. The first kappa shape index (κ1) is 15.2. The summed E-state index contributed by atoms with van der Waals surface area (Å²) in [5.74, 6) is 4.14. The summed E-state index contributed by atoms with van der Waals surface area (Å²) in [5, 5.41) is 6.06. The third-order valence-electron chi connectivity index (χ3n) is 3.85. The van der Waals surface area contributed by atoms with E-state index in [1.165, 1.54) is 0 Å². The van der Waals surface area contributed by atoms with Gasteiger partial charge in [0.15, 0.2) is 0 Å². The third-order valence-corrected chi connectivity index (χ3v) is 4.72. The molecule has 1 saturated heterocycles. The maximum Gasteiger partial charge on any atom is 0.227 e. The number of hydrogen-bond donors (Lipinski definition) is 0. The standard InChI is InChI=1S/C16H20N4OS/c1-2-7-19-9-11-20(12-10-19)8-3-6-15-17-16(18-21-15)14-5-4-13-22-14/h1,4-5,13H,3,6-12H2. The Labute approximate surface area is 134 Å². The van der Waals surface area contributed by atoms with Crippen LogP contribution in [0.15, 0.2) is 22.0 Å². The number of aromatic nitrogens is 2. The highest BCUT2D eigenvalue weighted by Gasteiger charge is 2.16. The predicted octanol–water partition coefficient (Wildman–Crippen LogP) is 1.98. The molecule has 6 heteroatoms. The highest BCUT2D eigenvalue weighted by atomic mass is 32.1. The Hall–Kier alpha value is -1.68. The highest BCUT2D eigenvalue weighted by Crippen LogP contribution is 2.21. The van der Waals surface area contributed by atoms with Crippen LogP contribution in [0.2, 0.25) is 0 Å². The number of rotatable bonds is 6. The molecule has 1 aliphatic heterocycles. The second-order valence-corrected chi connectivity index (χ2v) is 6.36. The normalized spacial score (nSPS) is 16.7. The molecular formula is C16H20N4OS. The number of aryl methyl sites for hydroxylation is 1. The van der Waals surface area contributed by atoms with Gasteiger partial charge in [0.25, 0.3) is 0 Å². The van der Waals surface area contributed by atoms with E-state index in [2.05, 4.69) is 25.9 Å². The van der Waals surface area contributed by atoms with Gasteiger partial charge in [0.1, 0.15) is 0 Å². The van der Waals surface area contributed by atoms with E-state index < -0.39 is 0 Å². The van der Waals surface area contributed by atoms with Crippen LogP contribution in [-0.4, -0.2) is 59.2 Å². The molecule has 0 amide bonds. The Morgan fingerprint density at radius 2 is 2.09 bits per heavy atom. The molecule has 1 fully saturated rings.